The second kappa shape index (κ2) is 20.4. The summed E-state index contributed by atoms with van der Waals surface area (Å²) in [5.74, 6) is -4.24. The maximum atomic E-state index is 14.6. The van der Waals surface area contributed by atoms with Crippen LogP contribution >= 0.6 is 0 Å². The molecule has 1 saturated carbocycles. The maximum Gasteiger partial charge on any atom is 0.185 e. The minimum Gasteiger partial charge on any atom is -0.396 e. The van der Waals surface area contributed by atoms with Crippen molar-refractivity contribution >= 4 is 34.3 Å². The summed E-state index contributed by atoms with van der Waals surface area (Å²) in [4.78, 5) is 41.0. The highest BCUT2D eigenvalue weighted by molar-refractivity contribution is 6.03. The van der Waals surface area contributed by atoms with Crippen LogP contribution in [0, 0.1) is 35.5 Å². The summed E-state index contributed by atoms with van der Waals surface area (Å²) in [6, 6.07) is 9.65. The van der Waals surface area contributed by atoms with Crippen molar-refractivity contribution in [3.05, 3.63) is 48.2 Å². The fourth-order valence-corrected chi connectivity index (χ4v) is 8.84. The molecule has 2 aliphatic rings. The van der Waals surface area contributed by atoms with Gasteiger partial charge in [0.25, 0.3) is 0 Å². The van der Waals surface area contributed by atoms with E-state index in [1.54, 1.807) is 27.0 Å². The molecule has 0 bridgehead atoms. The lowest BCUT2D eigenvalue weighted by Crippen LogP contribution is -2.59. The van der Waals surface area contributed by atoms with Gasteiger partial charge in [0.15, 0.2) is 6.29 Å². The first-order chi connectivity index (χ1) is 27.2. The normalized spacial score (nSPS) is 36.9. The molecule has 4 rings (SSSR count). The number of ketones is 2. The number of nitrogens with zero attached hydrogens (tertiary/aromatic N) is 3. The third-order valence-corrected chi connectivity index (χ3v) is 12.5. The number of rotatable bonds is 11. The van der Waals surface area contributed by atoms with Crippen molar-refractivity contribution in [2.75, 3.05) is 27.3 Å². The lowest BCUT2D eigenvalue weighted by molar-refractivity contribution is -0.296. The van der Waals surface area contributed by atoms with Crippen LogP contribution in [0.3, 0.4) is 0 Å². The molecule has 13 atom stereocenters. The predicted molar refractivity (Wildman–Crippen MR) is 227 cm³/mol. The number of oxime groups is 1. The highest BCUT2D eigenvalue weighted by Crippen LogP contribution is 2.40. The Hall–Kier alpha value is -3.10. The lowest BCUT2D eigenvalue weighted by atomic mass is 9.70. The Kier molecular flexibility index (Phi) is 16.8. The minimum absolute atomic E-state index is 0.109. The molecule has 1 saturated heterocycles. The zero-order valence-electron chi connectivity index (χ0n) is 36.9. The van der Waals surface area contributed by atoms with Crippen LogP contribution in [-0.2, 0) is 28.6 Å². The van der Waals surface area contributed by atoms with Crippen molar-refractivity contribution in [3.63, 3.8) is 0 Å². The van der Waals surface area contributed by atoms with Crippen LogP contribution in [0.5, 0.6) is 0 Å². The summed E-state index contributed by atoms with van der Waals surface area (Å²) >= 11 is 0. The molecule has 2 fully saturated rings. The van der Waals surface area contributed by atoms with Gasteiger partial charge in [0, 0.05) is 41.8 Å². The average molecular weight is 810 g/mol. The van der Waals surface area contributed by atoms with E-state index in [-0.39, 0.29) is 49.1 Å². The molecule has 0 spiro atoms. The van der Waals surface area contributed by atoms with E-state index in [0.29, 0.717) is 25.2 Å². The summed E-state index contributed by atoms with van der Waals surface area (Å²) in [5, 5.41) is 41.2. The summed E-state index contributed by atoms with van der Waals surface area (Å²) in [6.07, 6.45) is 1.93. The molecule has 1 aliphatic heterocycles. The fraction of sp³-hybridized carbons (Fsp3) is 0.696. The number of Topliss-reactive ketones (excluding diaryl/α,β-unsaturated/α-hetero) is 2. The van der Waals surface area contributed by atoms with E-state index in [1.165, 1.54) is 0 Å². The van der Waals surface area contributed by atoms with Crippen LogP contribution in [0.15, 0.2) is 47.8 Å². The molecule has 0 amide bonds. The van der Waals surface area contributed by atoms with Crippen LogP contribution in [0.25, 0.3) is 17.0 Å². The second-order valence-electron chi connectivity index (χ2n) is 18.1. The van der Waals surface area contributed by atoms with Crippen LogP contribution in [-0.4, -0.2) is 118 Å². The molecule has 1 aromatic carbocycles. The van der Waals surface area contributed by atoms with Gasteiger partial charge in [-0.3, -0.25) is 14.6 Å². The number of hydrogen-bond donors (Lipinski definition) is 3. The summed E-state index contributed by atoms with van der Waals surface area (Å²) in [6.45, 7) is 18.8. The number of aliphatic hydroxyl groups is 3. The molecular weight excluding hydrogens is 739 g/mol. The molecule has 1 aliphatic carbocycles. The first-order valence-electron chi connectivity index (χ1n) is 21.2. The van der Waals surface area contributed by atoms with Gasteiger partial charge in [0.2, 0.25) is 0 Å². The Balaban J connectivity index is 1.86. The van der Waals surface area contributed by atoms with E-state index < -0.39 is 65.4 Å². The number of benzene rings is 1. The molecule has 0 unspecified atom stereocenters. The molecule has 2 aromatic rings. The number of aliphatic hydroxyl groups excluding tert-OH is 2. The Bertz CT molecular complexity index is 1730. The number of fused-ring (bicyclic) bond motifs is 1. The summed E-state index contributed by atoms with van der Waals surface area (Å²) < 4.78 is 20.0. The largest absolute Gasteiger partial charge is 0.396 e. The van der Waals surface area contributed by atoms with Gasteiger partial charge >= 0.3 is 0 Å². The van der Waals surface area contributed by atoms with Crippen molar-refractivity contribution < 1.29 is 44.0 Å². The van der Waals surface area contributed by atoms with Crippen molar-refractivity contribution in [2.24, 2.45) is 40.7 Å². The number of hydrogen-bond acceptors (Lipinski definition) is 12. The molecule has 324 valence electrons. The number of carbonyl (C=O) groups excluding carboxylic acids is 2. The van der Waals surface area contributed by atoms with Crippen LogP contribution in [0.2, 0.25) is 0 Å². The maximum absolute atomic E-state index is 14.6. The standard InChI is InChI=1S/C46H71N3O9/c1-13-35-23-38(50)30(6)40(51)32(8)43(58-44-41(52)37(49(11)12)21-29(5)57-44)45(9,55-20-16-17-33-22-34-18-14-15-19-36(34)47-25-33)24-28(4)39(48-56-26-27(2)3)31(7)42(53)46(35,10)54/h14-19,22,25,27-32,35,37,41-44,52-54H,13,20-21,23-24,26H2,1-12H3/b17-16+,48-39+/t28-,29-,30+,31+,32+,35+,37+,41-,42-,43-,44+,45+,46-/m1/s1. The number of ether oxygens (including phenoxy) is 3. The molecule has 58 heavy (non-hydrogen) atoms. The topological polar surface area (TPSA) is 160 Å². The first-order valence-corrected chi connectivity index (χ1v) is 21.2. The van der Waals surface area contributed by atoms with E-state index in [0.717, 1.165) is 16.5 Å². The number of likely N-dealkylation sites (N-methyl/N-ethyl adjacent to an activating group) is 1. The van der Waals surface area contributed by atoms with E-state index >= 15 is 0 Å². The highest BCUT2D eigenvalue weighted by Gasteiger charge is 2.51. The van der Waals surface area contributed by atoms with E-state index in [4.69, 9.17) is 19.0 Å². The highest BCUT2D eigenvalue weighted by atomic mass is 16.7. The molecule has 12 nitrogen and oxygen atoms in total. The van der Waals surface area contributed by atoms with E-state index in [9.17, 15) is 24.9 Å². The summed E-state index contributed by atoms with van der Waals surface area (Å²) in [5.41, 5.74) is -0.691. The van der Waals surface area contributed by atoms with Gasteiger partial charge < -0.3 is 39.3 Å². The van der Waals surface area contributed by atoms with Gasteiger partial charge in [0.1, 0.15) is 24.3 Å². The number of para-hydroxylation sites is 1. The van der Waals surface area contributed by atoms with Gasteiger partial charge in [0.05, 0.1) is 53.3 Å². The van der Waals surface area contributed by atoms with Crippen molar-refractivity contribution in [2.45, 2.75) is 143 Å². The SMILES string of the molecule is CC[C@H]1CC(=O)[C@H](C)C(=O)[C@H](C)[C@@H](O[C@@H]2O[C@H](C)C[C@H](N(C)C)[C@H]2O)[C@@](C)(OC/C=C/c2cnc3ccccc3c2)C[C@@H](C)/C(=N\OCC(C)C)[C@H](C)[C@@H](O)[C@]1(C)O. The van der Waals surface area contributed by atoms with Crippen molar-refractivity contribution in [1.82, 2.24) is 9.88 Å². The molecule has 3 N–H and O–H groups in total. The van der Waals surface area contributed by atoms with E-state index in [1.807, 2.05) is 110 Å². The zero-order chi connectivity index (χ0) is 43.1. The molecular formula is C46H71N3O9. The van der Waals surface area contributed by atoms with Crippen LogP contribution < -0.4 is 0 Å². The predicted octanol–water partition coefficient (Wildman–Crippen LogP) is 6.48. The Labute approximate surface area is 346 Å². The van der Waals surface area contributed by atoms with Gasteiger partial charge in [-0.05, 0) is 84.2 Å². The molecule has 2 heterocycles. The minimum atomic E-state index is -1.69. The van der Waals surface area contributed by atoms with Gasteiger partial charge in [-0.2, -0.15) is 0 Å². The number of pyridine rings is 1. The third kappa shape index (κ3) is 11.4. The average Bonchev–Trinajstić information content (AvgIpc) is 3.17. The van der Waals surface area contributed by atoms with E-state index in [2.05, 4.69) is 10.1 Å². The van der Waals surface area contributed by atoms with Gasteiger partial charge in [-0.1, -0.05) is 83.5 Å². The lowest BCUT2D eigenvalue weighted by Gasteiger charge is -2.47. The quantitative estimate of drug-likeness (QED) is 0.169. The second-order valence-corrected chi connectivity index (χ2v) is 18.1. The van der Waals surface area contributed by atoms with Gasteiger partial charge in [-0.25, -0.2) is 0 Å². The fourth-order valence-electron chi connectivity index (χ4n) is 8.84. The number of aromatic nitrogens is 1. The zero-order valence-corrected chi connectivity index (χ0v) is 36.9. The number of carbonyl (C=O) groups is 2. The Morgan fingerprint density at radius 2 is 1.76 bits per heavy atom. The smallest absolute Gasteiger partial charge is 0.185 e. The first kappa shape index (κ1) is 47.6. The molecule has 0 radical (unpaired) electrons. The van der Waals surface area contributed by atoms with Crippen molar-refractivity contribution in [1.29, 1.82) is 0 Å². The van der Waals surface area contributed by atoms with Crippen LogP contribution in [0.4, 0.5) is 0 Å². The summed E-state index contributed by atoms with van der Waals surface area (Å²) in [7, 11) is 3.80. The Morgan fingerprint density at radius 1 is 1.07 bits per heavy atom. The Morgan fingerprint density at radius 3 is 2.41 bits per heavy atom. The van der Waals surface area contributed by atoms with Crippen molar-refractivity contribution in [3.8, 4) is 0 Å². The third-order valence-electron chi connectivity index (χ3n) is 12.5. The molecule has 1 aromatic heterocycles. The molecule has 12 heteroatoms. The van der Waals surface area contributed by atoms with Gasteiger partial charge in [-0.15, -0.1) is 0 Å². The van der Waals surface area contributed by atoms with Crippen LogP contribution in [0.1, 0.15) is 100 Å². The monoisotopic (exact) mass is 810 g/mol.